The zero-order chi connectivity index (χ0) is 34.1. The van der Waals surface area contributed by atoms with Crippen LogP contribution in [-0.4, -0.2) is 53.0 Å². The Morgan fingerprint density at radius 1 is 0.959 bits per heavy atom. The smallest absolute Gasteiger partial charge is 0.264 e. The topological polar surface area (TPSA) is 101 Å². The molecule has 11 heteroatoms. The Labute approximate surface area is 285 Å². The number of fused-ring (bicyclic) bond motifs is 2. The summed E-state index contributed by atoms with van der Waals surface area (Å²) in [6.07, 6.45) is 2.19. The summed E-state index contributed by atoms with van der Waals surface area (Å²) in [5.41, 5.74) is 3.71. The van der Waals surface area contributed by atoms with Crippen molar-refractivity contribution in [3.05, 3.63) is 114 Å². The molecule has 8 rings (SSSR count). The van der Waals surface area contributed by atoms with Crippen molar-refractivity contribution in [1.29, 1.82) is 0 Å². The van der Waals surface area contributed by atoms with Gasteiger partial charge >= 0.3 is 0 Å². The van der Waals surface area contributed by atoms with Gasteiger partial charge in [-0.3, -0.25) is 19.2 Å². The summed E-state index contributed by atoms with van der Waals surface area (Å²) in [6.45, 7) is 6.11. The van der Waals surface area contributed by atoms with Crippen molar-refractivity contribution in [3.8, 4) is 0 Å². The minimum absolute atomic E-state index is 0.0138. The van der Waals surface area contributed by atoms with E-state index in [0.29, 0.717) is 37.2 Å². The van der Waals surface area contributed by atoms with E-state index < -0.39 is 31.6 Å². The highest BCUT2D eigenvalue weighted by Gasteiger charge is 2.66. The monoisotopic (exact) mass is 675 g/mol. The second-order valence-corrected chi connectivity index (χ2v) is 17.7. The molecule has 0 aliphatic carbocycles. The van der Waals surface area contributed by atoms with Crippen molar-refractivity contribution in [2.45, 2.75) is 63.2 Å². The Bertz CT molecular complexity index is 2090. The minimum Gasteiger partial charge on any atom is -0.396 e. The van der Waals surface area contributed by atoms with Gasteiger partial charge in [-0.15, -0.1) is 5.10 Å². The number of carbonyl (C=O) groups excluding carboxylic acids is 2. The van der Waals surface area contributed by atoms with Gasteiger partial charge in [0.25, 0.3) is 11.8 Å². The molecule has 49 heavy (non-hydrogen) atoms. The number of anilines is 3. The molecule has 0 saturated carbocycles. The number of carbonyl (C=O) groups is 2. The number of aromatic nitrogens is 3. The lowest BCUT2D eigenvalue weighted by molar-refractivity contribution is -0.146. The zero-order valence-corrected chi connectivity index (χ0v) is 28.7. The number of hydrogen-bond acceptors (Lipinski definition) is 6. The maximum absolute atomic E-state index is 16.2. The van der Waals surface area contributed by atoms with Crippen molar-refractivity contribution < 1.29 is 23.5 Å². The van der Waals surface area contributed by atoms with Gasteiger partial charge in [0, 0.05) is 53.9 Å². The molecule has 2 amide bonds. The molecule has 1 saturated heterocycles. The molecule has 1 fully saturated rings. The first-order valence-electron chi connectivity index (χ1n) is 16.8. The number of ether oxygens (including phenoxy) is 1. The fourth-order valence-electron chi connectivity index (χ4n) is 8.47. The van der Waals surface area contributed by atoms with Crippen LogP contribution in [0, 0.1) is 5.92 Å². The van der Waals surface area contributed by atoms with Crippen LogP contribution in [0.15, 0.2) is 91.1 Å². The second kappa shape index (κ2) is 11.7. The Morgan fingerprint density at radius 2 is 1.69 bits per heavy atom. The number of rotatable bonds is 9. The number of benzene rings is 4. The van der Waals surface area contributed by atoms with Crippen molar-refractivity contribution >= 4 is 48.1 Å². The highest BCUT2D eigenvalue weighted by molar-refractivity contribution is 6.72. The first-order chi connectivity index (χ1) is 23.6. The molecule has 4 heterocycles. The van der Waals surface area contributed by atoms with E-state index >= 15 is 4.11 Å². The number of aliphatic hydroxyl groups excluding tert-OH is 1. The van der Waals surface area contributed by atoms with E-state index in [2.05, 4.69) is 10.3 Å². The van der Waals surface area contributed by atoms with Crippen LogP contribution in [0.4, 0.5) is 21.2 Å². The van der Waals surface area contributed by atoms with Crippen LogP contribution < -0.4 is 9.80 Å². The van der Waals surface area contributed by atoms with E-state index in [1.165, 1.54) is 0 Å². The van der Waals surface area contributed by atoms with E-state index in [-0.39, 0.29) is 18.4 Å². The Hall–Kier alpha value is -4.71. The maximum atomic E-state index is 16.2. The SMILES string of the molecule is C[C@@H]1[C@@H]([Si](C)(C)F)[C@H](CCn2cc(CCO)nn2)O[C@@]12C(=O)N(Cc1ccc(N3C(=O)c4cccc5cccc3c45)cc1)c1ccccc12. The summed E-state index contributed by atoms with van der Waals surface area (Å²) in [4.78, 5) is 31.7. The van der Waals surface area contributed by atoms with Gasteiger partial charge in [-0.25, -0.2) is 0 Å². The first-order valence-corrected chi connectivity index (χ1v) is 19.8. The van der Waals surface area contributed by atoms with Crippen LogP contribution in [0.25, 0.3) is 10.8 Å². The van der Waals surface area contributed by atoms with E-state index in [9.17, 15) is 14.7 Å². The highest BCUT2D eigenvalue weighted by atomic mass is 28.4. The molecule has 4 atom stereocenters. The highest BCUT2D eigenvalue weighted by Crippen LogP contribution is 2.60. The summed E-state index contributed by atoms with van der Waals surface area (Å²) in [5, 5.41) is 19.5. The standard InChI is InChI=1S/C38H38FN5O4Si/c1-24-35(49(2,3)39)33(18-20-42-23-27(19-21-45)40-41-42)48-38(24)30-11-4-5-12-31(30)43(37(38)47)22-25-14-16-28(17-15-25)44-32-13-7-9-26-8-6-10-29(34(26)32)36(44)46/h4-17,23-24,33,35,45H,18-22H2,1-3H3/t24-,33+,35-,38+/m1/s1. The number of aryl methyl sites for hydroxylation is 1. The van der Waals surface area contributed by atoms with Crippen molar-refractivity contribution in [3.63, 3.8) is 0 Å². The molecule has 1 N–H and O–H groups in total. The molecule has 250 valence electrons. The van der Waals surface area contributed by atoms with Crippen molar-refractivity contribution in [1.82, 2.24) is 15.0 Å². The molecule has 5 aromatic rings. The van der Waals surface area contributed by atoms with E-state index in [1.54, 1.807) is 33.8 Å². The average molecular weight is 676 g/mol. The van der Waals surface area contributed by atoms with Gasteiger partial charge in [0.2, 0.25) is 8.41 Å². The Kier molecular flexibility index (Phi) is 7.54. The van der Waals surface area contributed by atoms with Gasteiger partial charge in [-0.2, -0.15) is 0 Å². The lowest BCUT2D eigenvalue weighted by Crippen LogP contribution is -2.45. The van der Waals surface area contributed by atoms with Gasteiger partial charge in [-0.05, 0) is 60.8 Å². The predicted molar refractivity (Wildman–Crippen MR) is 188 cm³/mol. The van der Waals surface area contributed by atoms with Crippen LogP contribution in [-0.2, 0) is 34.6 Å². The number of amides is 2. The normalized spacial score (nSPS) is 23.0. The van der Waals surface area contributed by atoms with Crippen LogP contribution in [0.5, 0.6) is 0 Å². The van der Waals surface area contributed by atoms with E-state index in [1.807, 2.05) is 91.9 Å². The van der Waals surface area contributed by atoms with Crippen LogP contribution >= 0.6 is 0 Å². The predicted octanol–water partition coefficient (Wildman–Crippen LogP) is 6.67. The minimum atomic E-state index is -3.31. The number of para-hydroxylation sites is 1. The Morgan fingerprint density at radius 3 is 2.45 bits per heavy atom. The molecule has 1 aromatic heterocycles. The molecule has 0 unspecified atom stereocenters. The summed E-state index contributed by atoms with van der Waals surface area (Å²) in [7, 11) is -3.31. The number of nitrogens with zero attached hydrogens (tertiary/aromatic N) is 5. The number of halogens is 1. The maximum Gasteiger partial charge on any atom is 0.264 e. The molecule has 0 radical (unpaired) electrons. The molecule has 3 aliphatic heterocycles. The van der Waals surface area contributed by atoms with Crippen LogP contribution in [0.2, 0.25) is 18.6 Å². The largest absolute Gasteiger partial charge is 0.396 e. The summed E-state index contributed by atoms with van der Waals surface area (Å²) < 4.78 is 24.8. The second-order valence-electron chi connectivity index (χ2n) is 13.9. The lowest BCUT2D eigenvalue weighted by Gasteiger charge is -2.31. The molecular weight excluding hydrogens is 638 g/mol. The molecule has 1 spiro atoms. The van der Waals surface area contributed by atoms with E-state index in [4.69, 9.17) is 4.74 Å². The average Bonchev–Trinajstić information content (AvgIpc) is 3.81. The van der Waals surface area contributed by atoms with Gasteiger partial charge in [0.1, 0.15) is 0 Å². The summed E-state index contributed by atoms with van der Waals surface area (Å²) >= 11 is 0. The summed E-state index contributed by atoms with van der Waals surface area (Å²) in [5.74, 6) is -0.634. The van der Waals surface area contributed by atoms with Crippen molar-refractivity contribution in [2.24, 2.45) is 5.92 Å². The molecule has 0 bridgehead atoms. The quantitative estimate of drug-likeness (QED) is 0.138. The fraction of sp³-hybridized carbons (Fsp3) is 0.316. The third-order valence-electron chi connectivity index (χ3n) is 10.6. The molecule has 3 aliphatic rings. The first kappa shape index (κ1) is 31.5. The fourth-order valence-corrected chi connectivity index (χ4v) is 11.0. The Balaban J connectivity index is 1.07. The van der Waals surface area contributed by atoms with Gasteiger partial charge in [-0.1, -0.05) is 66.7 Å². The van der Waals surface area contributed by atoms with Gasteiger partial charge < -0.3 is 18.9 Å². The van der Waals surface area contributed by atoms with Gasteiger partial charge in [0.15, 0.2) is 5.60 Å². The molecule has 4 aromatic carbocycles. The number of hydrogen-bond donors (Lipinski definition) is 1. The molecular formula is C38H38FN5O4Si. The van der Waals surface area contributed by atoms with Crippen LogP contribution in [0.1, 0.15) is 40.5 Å². The van der Waals surface area contributed by atoms with Crippen molar-refractivity contribution in [2.75, 3.05) is 16.4 Å². The van der Waals surface area contributed by atoms with Gasteiger partial charge in [0.05, 0.1) is 35.3 Å². The number of aliphatic hydroxyl groups is 1. The summed E-state index contributed by atoms with van der Waals surface area (Å²) in [6, 6.07) is 27.2. The molecule has 9 nitrogen and oxygen atoms in total. The van der Waals surface area contributed by atoms with E-state index in [0.717, 1.165) is 39.0 Å². The third kappa shape index (κ3) is 4.93. The van der Waals surface area contributed by atoms with Crippen LogP contribution in [0.3, 0.4) is 0 Å². The lowest BCUT2D eigenvalue weighted by atomic mass is 9.82. The zero-order valence-electron chi connectivity index (χ0n) is 27.7. The third-order valence-corrected chi connectivity index (χ3v) is 13.0.